The first-order valence-electron chi connectivity index (χ1n) is 5.34. The van der Waals surface area contributed by atoms with E-state index >= 15 is 0 Å². The molecule has 0 unspecified atom stereocenters. The molecular weight excluding hydrogens is 289 g/mol. The molecule has 1 heterocycles. The first kappa shape index (κ1) is 13.9. The Balaban J connectivity index is 2.27. The van der Waals surface area contributed by atoms with Gasteiger partial charge in [0.15, 0.2) is 0 Å². The number of nitro groups is 1. The Morgan fingerprint density at radius 1 is 1.35 bits per heavy atom. The van der Waals surface area contributed by atoms with Gasteiger partial charge in [-0.25, -0.2) is 9.37 Å². The van der Waals surface area contributed by atoms with Gasteiger partial charge in [0.25, 0.3) is 11.6 Å². The van der Waals surface area contributed by atoms with Crippen LogP contribution in [0.5, 0.6) is 0 Å². The molecule has 6 nitrogen and oxygen atoms in total. The number of pyridine rings is 1. The lowest BCUT2D eigenvalue weighted by atomic mass is 10.2. The van der Waals surface area contributed by atoms with Crippen LogP contribution >= 0.6 is 11.6 Å². The predicted molar refractivity (Wildman–Crippen MR) is 70.3 cm³/mol. The molecule has 0 aliphatic carbocycles. The fraction of sp³-hybridized carbons (Fsp3) is 0. The number of aromatic nitrogens is 1. The molecule has 2 aromatic rings. The summed E-state index contributed by atoms with van der Waals surface area (Å²) in [6.07, 6.45) is 0. The number of carbonyl (C=O) groups is 1. The Kier molecular flexibility index (Phi) is 3.90. The highest BCUT2D eigenvalue weighted by molar-refractivity contribution is 6.29. The molecule has 1 aromatic carbocycles. The van der Waals surface area contributed by atoms with Crippen LogP contribution in [0, 0.1) is 15.9 Å². The number of hydrogen-bond acceptors (Lipinski definition) is 4. The minimum Gasteiger partial charge on any atom is -0.307 e. The van der Waals surface area contributed by atoms with Gasteiger partial charge in [-0.1, -0.05) is 17.7 Å². The molecule has 8 heteroatoms. The van der Waals surface area contributed by atoms with Crippen LogP contribution in [0.1, 0.15) is 10.4 Å². The molecule has 0 saturated heterocycles. The maximum absolute atomic E-state index is 13.2. The number of benzene rings is 1. The van der Waals surface area contributed by atoms with Crippen molar-refractivity contribution in [1.82, 2.24) is 4.98 Å². The van der Waals surface area contributed by atoms with Crippen LogP contribution in [-0.4, -0.2) is 15.8 Å². The smallest absolute Gasteiger partial charge is 0.273 e. The van der Waals surface area contributed by atoms with E-state index in [1.165, 1.54) is 12.1 Å². The van der Waals surface area contributed by atoms with Crippen LogP contribution < -0.4 is 5.32 Å². The minimum absolute atomic E-state index is 0.161. The molecule has 0 aliphatic rings. The second-order valence-electron chi connectivity index (χ2n) is 3.75. The summed E-state index contributed by atoms with van der Waals surface area (Å²) in [6, 6.07) is 7.17. The van der Waals surface area contributed by atoms with E-state index in [1.54, 1.807) is 6.07 Å². The summed E-state index contributed by atoms with van der Waals surface area (Å²) < 4.78 is 13.2. The van der Waals surface area contributed by atoms with Crippen molar-refractivity contribution in [3.63, 3.8) is 0 Å². The Morgan fingerprint density at radius 2 is 2.10 bits per heavy atom. The molecule has 0 atom stereocenters. The summed E-state index contributed by atoms with van der Waals surface area (Å²) in [5.41, 5.74) is -0.687. The molecule has 0 saturated carbocycles. The highest BCUT2D eigenvalue weighted by Crippen LogP contribution is 2.17. The molecule has 2 rings (SSSR count). The minimum atomic E-state index is -0.872. The fourth-order valence-electron chi connectivity index (χ4n) is 1.48. The number of anilines is 1. The van der Waals surface area contributed by atoms with Crippen LogP contribution in [0.2, 0.25) is 5.15 Å². The summed E-state index contributed by atoms with van der Waals surface area (Å²) in [4.78, 5) is 25.5. The summed E-state index contributed by atoms with van der Waals surface area (Å²) in [5.74, 6) is -1.43. The normalized spacial score (nSPS) is 10.1. The van der Waals surface area contributed by atoms with Gasteiger partial charge in [0.05, 0.1) is 11.0 Å². The second kappa shape index (κ2) is 5.62. The number of hydrogen-bond donors (Lipinski definition) is 1. The highest BCUT2D eigenvalue weighted by Gasteiger charge is 2.15. The van der Waals surface area contributed by atoms with Crippen molar-refractivity contribution in [2.45, 2.75) is 0 Å². The van der Waals surface area contributed by atoms with Crippen molar-refractivity contribution in [1.29, 1.82) is 0 Å². The SMILES string of the molecule is O=C(Nc1cccc(Cl)n1)c1cc(F)cc([N+](=O)[O-])c1. The maximum Gasteiger partial charge on any atom is 0.273 e. The van der Waals surface area contributed by atoms with E-state index in [0.717, 1.165) is 18.2 Å². The van der Waals surface area contributed by atoms with Gasteiger partial charge in [-0.3, -0.25) is 14.9 Å². The lowest BCUT2D eigenvalue weighted by molar-refractivity contribution is -0.385. The van der Waals surface area contributed by atoms with E-state index in [1.807, 2.05) is 0 Å². The predicted octanol–water partition coefficient (Wildman–Crippen LogP) is 3.03. The van der Waals surface area contributed by atoms with Crippen LogP contribution in [0.3, 0.4) is 0 Å². The van der Waals surface area contributed by atoms with E-state index in [-0.39, 0.29) is 16.5 Å². The van der Waals surface area contributed by atoms with Crippen molar-refractivity contribution >= 4 is 29.0 Å². The molecule has 102 valence electrons. The molecule has 0 fully saturated rings. The van der Waals surface area contributed by atoms with Gasteiger partial charge in [-0.15, -0.1) is 0 Å². The topological polar surface area (TPSA) is 85.1 Å². The zero-order chi connectivity index (χ0) is 14.7. The summed E-state index contributed by atoms with van der Waals surface area (Å²) in [7, 11) is 0. The Labute approximate surface area is 117 Å². The van der Waals surface area contributed by atoms with Gasteiger partial charge in [-0.05, 0) is 18.2 Å². The number of nitrogens with one attached hydrogen (secondary N) is 1. The number of nitro benzene ring substituents is 1. The average Bonchev–Trinajstić information content (AvgIpc) is 2.37. The average molecular weight is 296 g/mol. The first-order chi connectivity index (χ1) is 9.45. The number of halogens is 2. The standard InChI is InChI=1S/C12H7ClFN3O3/c13-10-2-1-3-11(15-10)16-12(18)7-4-8(14)6-9(5-7)17(19)20/h1-6H,(H,15,16,18). The molecule has 1 amide bonds. The first-order valence-corrected chi connectivity index (χ1v) is 5.72. The van der Waals surface area contributed by atoms with Gasteiger partial charge >= 0.3 is 0 Å². The third-order valence-electron chi connectivity index (χ3n) is 2.31. The van der Waals surface area contributed by atoms with Gasteiger partial charge < -0.3 is 5.32 Å². The molecule has 0 aliphatic heterocycles. The molecule has 0 radical (unpaired) electrons. The van der Waals surface area contributed by atoms with Crippen LogP contribution in [0.25, 0.3) is 0 Å². The molecule has 1 aromatic heterocycles. The van der Waals surface area contributed by atoms with Gasteiger partial charge in [0, 0.05) is 11.6 Å². The molecular formula is C12H7ClFN3O3. The summed E-state index contributed by atoms with van der Waals surface area (Å²) >= 11 is 5.65. The molecule has 0 bridgehead atoms. The highest BCUT2D eigenvalue weighted by atomic mass is 35.5. The van der Waals surface area contributed by atoms with Crippen molar-refractivity contribution in [3.8, 4) is 0 Å². The van der Waals surface area contributed by atoms with E-state index in [2.05, 4.69) is 10.3 Å². The van der Waals surface area contributed by atoms with Crippen molar-refractivity contribution in [3.05, 3.63) is 63.0 Å². The fourth-order valence-corrected chi connectivity index (χ4v) is 1.64. The second-order valence-corrected chi connectivity index (χ2v) is 4.14. The van der Waals surface area contributed by atoms with E-state index in [0.29, 0.717) is 0 Å². The number of non-ortho nitro benzene ring substituents is 1. The van der Waals surface area contributed by atoms with Gasteiger partial charge in [0.1, 0.15) is 16.8 Å². The Hall–Kier alpha value is -2.54. The van der Waals surface area contributed by atoms with E-state index in [4.69, 9.17) is 11.6 Å². The monoisotopic (exact) mass is 295 g/mol. The number of amides is 1. The van der Waals surface area contributed by atoms with Crippen molar-refractivity contribution < 1.29 is 14.1 Å². The van der Waals surface area contributed by atoms with E-state index < -0.39 is 22.3 Å². The third kappa shape index (κ3) is 3.27. The maximum atomic E-state index is 13.2. The number of carbonyl (C=O) groups excluding carboxylic acids is 1. The third-order valence-corrected chi connectivity index (χ3v) is 2.52. The molecule has 1 N–H and O–H groups in total. The Morgan fingerprint density at radius 3 is 2.75 bits per heavy atom. The number of rotatable bonds is 3. The molecule has 0 spiro atoms. The van der Waals surface area contributed by atoms with Crippen LogP contribution in [-0.2, 0) is 0 Å². The van der Waals surface area contributed by atoms with Crippen molar-refractivity contribution in [2.75, 3.05) is 5.32 Å². The quantitative estimate of drug-likeness (QED) is 0.536. The zero-order valence-electron chi connectivity index (χ0n) is 9.84. The van der Waals surface area contributed by atoms with E-state index in [9.17, 15) is 19.3 Å². The molecule has 20 heavy (non-hydrogen) atoms. The van der Waals surface area contributed by atoms with Gasteiger partial charge in [0.2, 0.25) is 0 Å². The zero-order valence-corrected chi connectivity index (χ0v) is 10.6. The lowest BCUT2D eigenvalue weighted by Crippen LogP contribution is -2.13. The summed E-state index contributed by atoms with van der Waals surface area (Å²) in [6.45, 7) is 0. The number of nitrogens with zero attached hydrogens (tertiary/aromatic N) is 2. The van der Waals surface area contributed by atoms with Crippen molar-refractivity contribution in [2.24, 2.45) is 0 Å². The summed E-state index contributed by atoms with van der Waals surface area (Å²) in [5, 5.41) is 13.2. The van der Waals surface area contributed by atoms with Gasteiger partial charge in [-0.2, -0.15) is 0 Å². The largest absolute Gasteiger partial charge is 0.307 e. The van der Waals surface area contributed by atoms with Crippen LogP contribution in [0.15, 0.2) is 36.4 Å². The lowest BCUT2D eigenvalue weighted by Gasteiger charge is -2.04. The Bertz CT molecular complexity index is 693. The van der Waals surface area contributed by atoms with Crippen LogP contribution in [0.4, 0.5) is 15.9 Å².